The lowest BCUT2D eigenvalue weighted by atomic mass is 10.2. The molecule has 0 fully saturated rings. The Kier molecular flexibility index (Phi) is 5.14. The van der Waals surface area contributed by atoms with Crippen molar-refractivity contribution in [3.8, 4) is 11.8 Å². The Morgan fingerprint density at radius 2 is 2.12 bits per heavy atom. The highest BCUT2D eigenvalue weighted by Gasteiger charge is 2.02. The lowest BCUT2D eigenvalue weighted by molar-refractivity contribution is 0.169. The van der Waals surface area contributed by atoms with Crippen molar-refractivity contribution in [1.29, 1.82) is 0 Å². The molecule has 0 saturated heterocycles. The summed E-state index contributed by atoms with van der Waals surface area (Å²) in [5.41, 5.74) is 0.734. The normalized spacial score (nSPS) is 11.1. The van der Waals surface area contributed by atoms with Crippen LogP contribution in [-0.2, 0) is 4.74 Å². The molecule has 0 aliphatic carbocycles. The predicted molar refractivity (Wildman–Crippen MR) is 68.3 cm³/mol. The van der Waals surface area contributed by atoms with Gasteiger partial charge in [-0.15, -0.1) is 0 Å². The van der Waals surface area contributed by atoms with Gasteiger partial charge in [0.05, 0.1) is 23.2 Å². The van der Waals surface area contributed by atoms with Crippen LogP contribution in [0, 0.1) is 11.8 Å². The SMILES string of the molecule is COC(=O)NC(C)C#Cc1ccc(Cl)c(Cl)c1. The van der Waals surface area contributed by atoms with Gasteiger partial charge in [0, 0.05) is 5.56 Å². The second-order valence-corrected chi connectivity index (χ2v) is 4.07. The maximum atomic E-state index is 10.9. The third-order valence-corrected chi connectivity index (χ3v) is 2.61. The number of methoxy groups -OCH3 is 1. The van der Waals surface area contributed by atoms with Crippen LogP contribution in [0.4, 0.5) is 4.79 Å². The van der Waals surface area contributed by atoms with Crippen LogP contribution in [0.2, 0.25) is 10.0 Å². The van der Waals surface area contributed by atoms with Gasteiger partial charge in [-0.05, 0) is 25.1 Å². The molecule has 1 aromatic carbocycles. The zero-order valence-corrected chi connectivity index (χ0v) is 10.9. The van der Waals surface area contributed by atoms with Crippen molar-refractivity contribution >= 4 is 29.3 Å². The molecule has 1 atom stereocenters. The summed E-state index contributed by atoms with van der Waals surface area (Å²) in [6.07, 6.45) is -0.513. The molecule has 17 heavy (non-hydrogen) atoms. The van der Waals surface area contributed by atoms with Crippen LogP contribution in [0.1, 0.15) is 12.5 Å². The molecule has 3 nitrogen and oxygen atoms in total. The average Bonchev–Trinajstić information content (AvgIpc) is 2.30. The van der Waals surface area contributed by atoms with E-state index in [-0.39, 0.29) is 6.04 Å². The van der Waals surface area contributed by atoms with Crippen LogP contribution in [0.5, 0.6) is 0 Å². The Morgan fingerprint density at radius 1 is 1.41 bits per heavy atom. The Morgan fingerprint density at radius 3 is 2.71 bits per heavy atom. The summed E-state index contributed by atoms with van der Waals surface area (Å²) in [7, 11) is 1.30. The van der Waals surface area contributed by atoms with E-state index in [0.717, 1.165) is 5.56 Å². The molecular formula is C12H11Cl2NO2. The first-order chi connectivity index (χ1) is 8.02. The first kappa shape index (κ1) is 13.7. The van der Waals surface area contributed by atoms with Crippen LogP contribution < -0.4 is 5.32 Å². The number of rotatable bonds is 1. The van der Waals surface area contributed by atoms with Gasteiger partial charge in [-0.2, -0.15) is 0 Å². The second kappa shape index (κ2) is 6.39. The molecule has 0 bridgehead atoms. The van der Waals surface area contributed by atoms with E-state index in [0.29, 0.717) is 10.0 Å². The molecule has 1 aromatic rings. The van der Waals surface area contributed by atoms with Gasteiger partial charge in [-0.1, -0.05) is 35.0 Å². The van der Waals surface area contributed by atoms with Gasteiger partial charge in [0.15, 0.2) is 0 Å². The summed E-state index contributed by atoms with van der Waals surface area (Å²) in [4.78, 5) is 10.9. The molecule has 1 N–H and O–H groups in total. The molecule has 0 aromatic heterocycles. The standard InChI is InChI=1S/C12H11Cl2NO2/c1-8(15-12(16)17-2)3-4-9-5-6-10(13)11(14)7-9/h5-8H,1-2H3,(H,15,16). The third kappa shape index (κ3) is 4.56. The maximum Gasteiger partial charge on any atom is 0.407 e. The van der Waals surface area contributed by atoms with E-state index < -0.39 is 6.09 Å². The largest absolute Gasteiger partial charge is 0.453 e. The quantitative estimate of drug-likeness (QED) is 0.798. The van der Waals surface area contributed by atoms with E-state index in [2.05, 4.69) is 21.9 Å². The van der Waals surface area contributed by atoms with Crippen molar-refractivity contribution in [3.05, 3.63) is 33.8 Å². The van der Waals surface area contributed by atoms with Gasteiger partial charge in [0.25, 0.3) is 0 Å². The summed E-state index contributed by atoms with van der Waals surface area (Å²) < 4.78 is 4.45. The molecule has 0 saturated carbocycles. The van der Waals surface area contributed by atoms with E-state index in [1.165, 1.54) is 7.11 Å². The van der Waals surface area contributed by atoms with Gasteiger partial charge in [0.2, 0.25) is 0 Å². The molecular weight excluding hydrogens is 261 g/mol. The monoisotopic (exact) mass is 271 g/mol. The summed E-state index contributed by atoms with van der Waals surface area (Å²) in [5, 5.41) is 3.47. The van der Waals surface area contributed by atoms with Crippen LogP contribution in [-0.4, -0.2) is 19.2 Å². The Labute approximate surface area is 110 Å². The number of benzene rings is 1. The van der Waals surface area contributed by atoms with Gasteiger partial charge < -0.3 is 10.1 Å². The minimum Gasteiger partial charge on any atom is -0.453 e. The predicted octanol–water partition coefficient (Wildman–Crippen LogP) is 3.09. The van der Waals surface area contributed by atoms with Crippen LogP contribution in [0.15, 0.2) is 18.2 Å². The zero-order valence-electron chi connectivity index (χ0n) is 9.38. The van der Waals surface area contributed by atoms with Crippen LogP contribution in [0.3, 0.4) is 0 Å². The lowest BCUT2D eigenvalue weighted by Gasteiger charge is -2.05. The van der Waals surface area contributed by atoms with Crippen molar-refractivity contribution < 1.29 is 9.53 Å². The first-order valence-electron chi connectivity index (χ1n) is 4.84. The molecule has 90 valence electrons. The molecule has 5 heteroatoms. The number of hydrogen-bond acceptors (Lipinski definition) is 2. The number of carbonyl (C=O) groups is 1. The zero-order chi connectivity index (χ0) is 12.8. The molecule has 0 aliphatic rings. The van der Waals surface area contributed by atoms with E-state index >= 15 is 0 Å². The summed E-state index contributed by atoms with van der Waals surface area (Å²) in [6.45, 7) is 1.75. The number of ether oxygens (including phenoxy) is 1. The third-order valence-electron chi connectivity index (χ3n) is 1.87. The maximum absolute atomic E-state index is 10.9. The molecule has 1 unspecified atom stereocenters. The van der Waals surface area contributed by atoms with Crippen molar-refractivity contribution in [2.24, 2.45) is 0 Å². The highest BCUT2D eigenvalue weighted by molar-refractivity contribution is 6.42. The number of hydrogen-bond donors (Lipinski definition) is 1. The second-order valence-electron chi connectivity index (χ2n) is 3.26. The number of alkyl carbamates (subject to hydrolysis) is 1. The average molecular weight is 272 g/mol. The van der Waals surface area contributed by atoms with E-state index in [1.807, 2.05) is 0 Å². The number of halogens is 2. The highest BCUT2D eigenvalue weighted by Crippen LogP contribution is 2.21. The topological polar surface area (TPSA) is 38.3 Å². The fourth-order valence-electron chi connectivity index (χ4n) is 1.04. The summed E-state index contributed by atoms with van der Waals surface area (Å²) in [6, 6.07) is 4.79. The summed E-state index contributed by atoms with van der Waals surface area (Å²) in [5.74, 6) is 5.73. The number of carbonyl (C=O) groups excluding carboxylic acids is 1. The molecule has 0 aliphatic heterocycles. The fourth-order valence-corrected chi connectivity index (χ4v) is 1.34. The van der Waals surface area contributed by atoms with Crippen molar-refractivity contribution in [2.45, 2.75) is 13.0 Å². The molecule has 0 spiro atoms. The van der Waals surface area contributed by atoms with Gasteiger partial charge in [0.1, 0.15) is 0 Å². The molecule has 1 rings (SSSR count). The number of amides is 1. The van der Waals surface area contributed by atoms with Crippen LogP contribution in [0.25, 0.3) is 0 Å². The van der Waals surface area contributed by atoms with E-state index in [1.54, 1.807) is 25.1 Å². The van der Waals surface area contributed by atoms with Gasteiger partial charge >= 0.3 is 6.09 Å². The van der Waals surface area contributed by atoms with Crippen LogP contribution >= 0.6 is 23.2 Å². The summed E-state index contributed by atoms with van der Waals surface area (Å²) >= 11 is 11.6. The Hall–Kier alpha value is -1.37. The fraction of sp³-hybridized carbons (Fsp3) is 0.250. The lowest BCUT2D eigenvalue weighted by Crippen LogP contribution is -2.31. The molecule has 1 amide bonds. The number of nitrogens with one attached hydrogen (secondary N) is 1. The Balaban J connectivity index is 2.71. The van der Waals surface area contributed by atoms with Gasteiger partial charge in [-0.3, -0.25) is 0 Å². The minimum atomic E-state index is -0.513. The smallest absolute Gasteiger partial charge is 0.407 e. The van der Waals surface area contributed by atoms with E-state index in [9.17, 15) is 4.79 Å². The van der Waals surface area contributed by atoms with E-state index in [4.69, 9.17) is 23.2 Å². The van der Waals surface area contributed by atoms with Gasteiger partial charge in [-0.25, -0.2) is 4.79 Å². The highest BCUT2D eigenvalue weighted by atomic mass is 35.5. The van der Waals surface area contributed by atoms with Crippen molar-refractivity contribution in [1.82, 2.24) is 5.32 Å². The molecule has 0 radical (unpaired) electrons. The Bertz CT molecular complexity index is 477. The van der Waals surface area contributed by atoms with Crippen molar-refractivity contribution in [3.63, 3.8) is 0 Å². The molecule has 0 heterocycles. The first-order valence-corrected chi connectivity index (χ1v) is 5.59. The van der Waals surface area contributed by atoms with Crippen molar-refractivity contribution in [2.75, 3.05) is 7.11 Å². The minimum absolute atomic E-state index is 0.308.